The highest BCUT2D eigenvalue weighted by Gasteiger charge is 2.26. The number of H-pyrrole nitrogens is 2. The number of nitrogen functional groups attached to an aromatic ring is 1. The third kappa shape index (κ3) is 4.74. The highest BCUT2D eigenvalue weighted by atomic mass is 16.5. The van der Waals surface area contributed by atoms with Gasteiger partial charge in [-0.2, -0.15) is 0 Å². The van der Waals surface area contributed by atoms with Crippen molar-refractivity contribution in [1.82, 2.24) is 19.1 Å². The lowest BCUT2D eigenvalue weighted by molar-refractivity contribution is -0.119. The van der Waals surface area contributed by atoms with Crippen molar-refractivity contribution in [2.75, 3.05) is 24.4 Å². The number of rotatable bonds is 8. The third-order valence-corrected chi connectivity index (χ3v) is 5.67. The lowest BCUT2D eigenvalue weighted by atomic mass is 10.2. The summed E-state index contributed by atoms with van der Waals surface area (Å²) in [5.74, 6) is -0.999. The van der Waals surface area contributed by atoms with Crippen molar-refractivity contribution in [3.63, 3.8) is 0 Å². The molecule has 4 rings (SSSR count). The van der Waals surface area contributed by atoms with E-state index in [1.165, 1.54) is 13.2 Å². The number of carbonyl (C=O) groups is 1. The Balaban J connectivity index is 1.83. The van der Waals surface area contributed by atoms with Crippen LogP contribution >= 0.6 is 0 Å². The molecule has 0 saturated heterocycles. The summed E-state index contributed by atoms with van der Waals surface area (Å²) < 4.78 is 6.85. The van der Waals surface area contributed by atoms with E-state index in [0.717, 1.165) is 14.0 Å². The van der Waals surface area contributed by atoms with Crippen LogP contribution in [-0.2, 0) is 29.2 Å². The normalized spacial score (nSPS) is 11.0. The molecule has 0 saturated carbocycles. The number of methoxy groups -OCH3 is 1. The summed E-state index contributed by atoms with van der Waals surface area (Å²) >= 11 is 0. The lowest BCUT2D eigenvalue weighted by Gasteiger charge is -2.25. The Kier molecular flexibility index (Phi) is 6.97. The van der Waals surface area contributed by atoms with Crippen molar-refractivity contribution in [1.29, 1.82) is 0 Å². The summed E-state index contributed by atoms with van der Waals surface area (Å²) in [4.78, 5) is 70.2. The summed E-state index contributed by atoms with van der Waals surface area (Å²) in [5.41, 5.74) is 3.84. The van der Waals surface area contributed by atoms with Crippen molar-refractivity contribution < 1.29 is 9.53 Å². The quantitative estimate of drug-likeness (QED) is 0.311. The highest BCUT2D eigenvalue weighted by molar-refractivity contribution is 5.95. The topological polar surface area (TPSA) is 165 Å². The van der Waals surface area contributed by atoms with Crippen LogP contribution in [-0.4, -0.2) is 38.7 Å². The fourth-order valence-corrected chi connectivity index (χ4v) is 3.86. The predicted octanol–water partition coefficient (Wildman–Crippen LogP) is 0.00180. The first-order chi connectivity index (χ1) is 17.3. The molecule has 4 N–H and O–H groups in total. The number of fused-ring (bicyclic) bond motifs is 1. The van der Waals surface area contributed by atoms with E-state index in [2.05, 4.69) is 9.97 Å². The van der Waals surface area contributed by atoms with Crippen molar-refractivity contribution in [3.8, 4) is 0 Å². The van der Waals surface area contributed by atoms with Crippen molar-refractivity contribution in [2.24, 2.45) is 0 Å². The van der Waals surface area contributed by atoms with Gasteiger partial charge < -0.3 is 15.5 Å². The molecule has 12 nitrogen and oxygen atoms in total. The van der Waals surface area contributed by atoms with Crippen LogP contribution in [0.15, 0.2) is 73.8 Å². The van der Waals surface area contributed by atoms with Gasteiger partial charge in [-0.1, -0.05) is 42.5 Å². The van der Waals surface area contributed by atoms with Crippen LogP contribution < -0.4 is 33.1 Å². The van der Waals surface area contributed by atoms with E-state index in [1.807, 2.05) is 0 Å². The zero-order valence-corrected chi connectivity index (χ0v) is 19.4. The third-order valence-electron chi connectivity index (χ3n) is 5.67. The molecule has 0 radical (unpaired) electrons. The zero-order valence-electron chi connectivity index (χ0n) is 19.4. The minimum absolute atomic E-state index is 0.0299. The molecule has 0 atom stereocenters. The Bertz CT molecular complexity index is 1650. The average molecular weight is 492 g/mol. The fraction of sp³-hybridized carbons (Fsp3) is 0.208. The number of hydrogen-bond donors (Lipinski definition) is 3. The van der Waals surface area contributed by atoms with Crippen LogP contribution in [0.2, 0.25) is 0 Å². The molecule has 2 heterocycles. The number of nitrogens with one attached hydrogen (secondary N) is 2. The maximum Gasteiger partial charge on any atom is 0.330 e. The number of aromatic nitrogens is 4. The van der Waals surface area contributed by atoms with Gasteiger partial charge in [0, 0.05) is 7.11 Å². The summed E-state index contributed by atoms with van der Waals surface area (Å²) in [6, 6.07) is 15.2. The number of anilines is 2. The molecule has 0 aliphatic heterocycles. The average Bonchev–Trinajstić information content (AvgIpc) is 2.86. The number of benzene rings is 2. The first-order valence-electron chi connectivity index (χ1n) is 11.0. The standard InChI is InChI=1S/C24H24N6O6/c1-36-12-11-28-20(25)19(21(32)27-24(28)35)29(13-15-7-3-2-4-8-15)18(31)14-30-22(33)16-9-5-6-10-17(16)26-23(30)34/h2-10H,11-14,25H2,1H3,(H,26,34)(H,27,32,35). The van der Waals surface area contributed by atoms with Crippen molar-refractivity contribution in [3.05, 3.63) is 102 Å². The van der Waals surface area contributed by atoms with Gasteiger partial charge in [0.05, 0.1) is 30.6 Å². The predicted molar refractivity (Wildman–Crippen MR) is 134 cm³/mol. The molecule has 0 fully saturated rings. The van der Waals surface area contributed by atoms with Gasteiger partial charge in [0.25, 0.3) is 11.1 Å². The number of aromatic amines is 2. The first-order valence-corrected chi connectivity index (χ1v) is 11.0. The molecule has 1 amide bonds. The van der Waals surface area contributed by atoms with Crippen molar-refractivity contribution >= 4 is 28.3 Å². The molecular formula is C24H24N6O6. The van der Waals surface area contributed by atoms with Crippen LogP contribution in [0.4, 0.5) is 11.5 Å². The molecule has 36 heavy (non-hydrogen) atoms. The SMILES string of the molecule is COCCn1c(N)c(N(Cc2ccccc2)C(=O)Cn2c(=O)[nH]c3ccccc3c2=O)c(=O)[nH]c1=O. The molecule has 12 heteroatoms. The summed E-state index contributed by atoms with van der Waals surface area (Å²) in [5, 5.41) is 0.227. The smallest absolute Gasteiger partial charge is 0.330 e. The largest absolute Gasteiger partial charge is 0.383 e. The van der Waals surface area contributed by atoms with Gasteiger partial charge in [-0.15, -0.1) is 0 Å². The monoisotopic (exact) mass is 492 g/mol. The lowest BCUT2D eigenvalue weighted by Crippen LogP contribution is -2.45. The van der Waals surface area contributed by atoms with E-state index >= 15 is 0 Å². The second kappa shape index (κ2) is 10.3. The summed E-state index contributed by atoms with van der Waals surface area (Å²) in [6.07, 6.45) is 0. The van der Waals surface area contributed by atoms with Gasteiger partial charge in [-0.25, -0.2) is 9.59 Å². The van der Waals surface area contributed by atoms with E-state index in [1.54, 1.807) is 48.5 Å². The summed E-state index contributed by atoms with van der Waals surface area (Å²) in [6.45, 7) is -0.607. The maximum atomic E-state index is 13.6. The molecule has 2 aromatic carbocycles. The number of ether oxygens (including phenoxy) is 1. The number of nitrogens with zero attached hydrogens (tertiary/aromatic N) is 3. The van der Waals surface area contributed by atoms with E-state index in [0.29, 0.717) is 11.1 Å². The number of carbonyl (C=O) groups excluding carboxylic acids is 1. The molecule has 2 aromatic heterocycles. The Hall–Kier alpha value is -4.71. The Morgan fingerprint density at radius 3 is 2.33 bits per heavy atom. The molecule has 0 aliphatic rings. The zero-order chi connectivity index (χ0) is 25.8. The molecular weight excluding hydrogens is 468 g/mol. The Labute approximate surface area is 203 Å². The summed E-state index contributed by atoms with van der Waals surface area (Å²) in [7, 11) is 1.44. The van der Waals surface area contributed by atoms with Crippen molar-refractivity contribution in [2.45, 2.75) is 19.6 Å². The van der Waals surface area contributed by atoms with Gasteiger partial charge in [0.15, 0.2) is 5.69 Å². The molecule has 0 unspecified atom stereocenters. The molecule has 0 aliphatic carbocycles. The molecule has 186 valence electrons. The second-order valence-electron chi connectivity index (χ2n) is 7.97. The van der Waals surface area contributed by atoms with Gasteiger partial charge in [-0.3, -0.25) is 33.4 Å². The van der Waals surface area contributed by atoms with Crippen LogP contribution in [0.5, 0.6) is 0 Å². The van der Waals surface area contributed by atoms with E-state index in [4.69, 9.17) is 10.5 Å². The van der Waals surface area contributed by atoms with Gasteiger partial charge in [0.1, 0.15) is 12.4 Å². The molecule has 4 aromatic rings. The van der Waals surface area contributed by atoms with Crippen LogP contribution in [0.25, 0.3) is 10.9 Å². The maximum absolute atomic E-state index is 13.6. The van der Waals surface area contributed by atoms with E-state index in [9.17, 15) is 24.0 Å². The Morgan fingerprint density at radius 2 is 1.61 bits per heavy atom. The highest BCUT2D eigenvalue weighted by Crippen LogP contribution is 2.20. The van der Waals surface area contributed by atoms with Crippen LogP contribution in [0.1, 0.15) is 5.56 Å². The molecule has 0 spiro atoms. The first kappa shape index (κ1) is 24.4. The van der Waals surface area contributed by atoms with Gasteiger partial charge >= 0.3 is 11.4 Å². The van der Waals surface area contributed by atoms with E-state index in [-0.39, 0.29) is 36.6 Å². The number of amides is 1. The van der Waals surface area contributed by atoms with E-state index < -0.39 is 34.9 Å². The number of para-hydroxylation sites is 1. The fourth-order valence-electron chi connectivity index (χ4n) is 3.86. The minimum atomic E-state index is -0.879. The van der Waals surface area contributed by atoms with Gasteiger partial charge in [0.2, 0.25) is 5.91 Å². The number of hydrogen-bond acceptors (Lipinski definition) is 7. The second-order valence-corrected chi connectivity index (χ2v) is 7.97. The molecule has 0 bridgehead atoms. The van der Waals surface area contributed by atoms with Gasteiger partial charge in [-0.05, 0) is 17.7 Å². The Morgan fingerprint density at radius 1 is 0.944 bits per heavy atom. The minimum Gasteiger partial charge on any atom is -0.383 e. The number of nitrogens with two attached hydrogens (primary N) is 1. The van der Waals surface area contributed by atoms with Crippen LogP contribution in [0, 0.1) is 0 Å². The van der Waals surface area contributed by atoms with Crippen LogP contribution in [0.3, 0.4) is 0 Å².